The molecule has 4 nitrogen and oxygen atoms in total. The molecule has 1 aliphatic rings. The van der Waals surface area contributed by atoms with Crippen LogP contribution in [0.5, 0.6) is 0 Å². The number of aliphatic hydroxyl groups excluding tert-OH is 1. The van der Waals surface area contributed by atoms with Crippen molar-refractivity contribution in [3.05, 3.63) is 35.9 Å². The molecule has 4 heteroatoms. The molecule has 1 amide bonds. The smallest absolute Gasteiger partial charge is 0.270 e. The van der Waals surface area contributed by atoms with Gasteiger partial charge in [0.05, 0.1) is 0 Å². The van der Waals surface area contributed by atoms with Crippen molar-refractivity contribution in [1.82, 2.24) is 10.0 Å². The van der Waals surface area contributed by atoms with Gasteiger partial charge in [0.15, 0.2) is 0 Å². The predicted molar refractivity (Wildman–Crippen MR) is 69.6 cm³/mol. The molecule has 1 heterocycles. The average molecular weight is 248 g/mol. The number of benzene rings is 1. The first-order chi connectivity index (χ1) is 8.52. The third-order valence-electron chi connectivity index (χ3n) is 3.34. The van der Waals surface area contributed by atoms with Gasteiger partial charge >= 0.3 is 0 Å². The number of carbonyl (C=O) groups is 1. The second-order valence-corrected chi connectivity index (χ2v) is 5.12. The molecule has 1 aliphatic heterocycles. The number of hydrogen-bond acceptors (Lipinski definition) is 3. The third kappa shape index (κ3) is 2.26. The summed E-state index contributed by atoms with van der Waals surface area (Å²) in [7, 11) is 0. The van der Waals surface area contributed by atoms with Crippen molar-refractivity contribution < 1.29 is 9.90 Å². The van der Waals surface area contributed by atoms with E-state index in [0.717, 1.165) is 0 Å². The molecule has 0 bridgehead atoms. The van der Waals surface area contributed by atoms with Gasteiger partial charge in [-0.1, -0.05) is 25.1 Å². The van der Waals surface area contributed by atoms with E-state index >= 15 is 0 Å². The molecule has 1 saturated heterocycles. The largest absolute Gasteiger partial charge is 0.372 e. The van der Waals surface area contributed by atoms with Crippen LogP contribution < -0.4 is 0 Å². The Morgan fingerprint density at radius 3 is 2.50 bits per heavy atom. The second-order valence-electron chi connectivity index (χ2n) is 5.12. The summed E-state index contributed by atoms with van der Waals surface area (Å²) in [4.78, 5) is 12.4. The van der Waals surface area contributed by atoms with Gasteiger partial charge < -0.3 is 5.11 Å². The molecule has 98 valence electrons. The number of aliphatic hydroxyl groups is 1. The van der Waals surface area contributed by atoms with Crippen molar-refractivity contribution in [2.24, 2.45) is 5.92 Å². The highest BCUT2D eigenvalue weighted by Gasteiger charge is 2.40. The van der Waals surface area contributed by atoms with Crippen LogP contribution in [0.4, 0.5) is 0 Å². The van der Waals surface area contributed by atoms with Crippen LogP contribution in [0.25, 0.3) is 0 Å². The molecule has 0 saturated carbocycles. The molecular weight excluding hydrogens is 228 g/mol. The Hall–Kier alpha value is -1.39. The highest BCUT2D eigenvalue weighted by Crippen LogP contribution is 2.26. The molecule has 0 aliphatic carbocycles. The predicted octanol–water partition coefficient (Wildman–Crippen LogP) is 1.72. The standard InChI is InChI=1S/C14H20N2O2/c1-10(2)15-9-11(3)13(17)16(15)14(18)12-7-5-4-6-8-12/h4-8,10-11,13,17H,9H2,1-3H3/t11-,13-/m1/s1. The summed E-state index contributed by atoms with van der Waals surface area (Å²) in [5, 5.41) is 13.6. The zero-order valence-electron chi connectivity index (χ0n) is 11.1. The molecule has 1 fully saturated rings. The van der Waals surface area contributed by atoms with Crippen molar-refractivity contribution in [2.45, 2.75) is 33.0 Å². The highest BCUT2D eigenvalue weighted by atomic mass is 16.3. The van der Waals surface area contributed by atoms with Crippen LogP contribution in [-0.2, 0) is 0 Å². The first-order valence-corrected chi connectivity index (χ1v) is 6.35. The SMILES string of the molecule is CC(C)N1C[C@@H](C)[C@@H](O)N1C(=O)c1ccccc1. The number of nitrogens with zero attached hydrogens (tertiary/aromatic N) is 2. The minimum absolute atomic E-state index is 0.0695. The second kappa shape index (κ2) is 5.08. The van der Waals surface area contributed by atoms with E-state index in [1.807, 2.05) is 44.0 Å². The molecule has 2 rings (SSSR count). The van der Waals surface area contributed by atoms with E-state index in [1.54, 1.807) is 12.1 Å². The Balaban J connectivity index is 2.27. The molecule has 0 unspecified atom stereocenters. The molecule has 0 spiro atoms. The molecule has 18 heavy (non-hydrogen) atoms. The van der Waals surface area contributed by atoms with Crippen molar-refractivity contribution >= 4 is 5.91 Å². The molecule has 2 atom stereocenters. The Labute approximate surface area is 108 Å². The molecule has 1 N–H and O–H groups in total. The Morgan fingerprint density at radius 2 is 1.94 bits per heavy atom. The van der Waals surface area contributed by atoms with Gasteiger partial charge in [0, 0.05) is 24.1 Å². The zero-order chi connectivity index (χ0) is 13.3. The van der Waals surface area contributed by atoms with E-state index in [-0.39, 0.29) is 17.9 Å². The topological polar surface area (TPSA) is 43.8 Å². The van der Waals surface area contributed by atoms with Crippen LogP contribution in [-0.4, -0.2) is 39.8 Å². The third-order valence-corrected chi connectivity index (χ3v) is 3.34. The van der Waals surface area contributed by atoms with E-state index in [2.05, 4.69) is 0 Å². The fourth-order valence-corrected chi connectivity index (χ4v) is 2.28. The van der Waals surface area contributed by atoms with Gasteiger partial charge in [-0.25, -0.2) is 10.0 Å². The fraction of sp³-hybridized carbons (Fsp3) is 0.500. The summed E-state index contributed by atoms with van der Waals surface area (Å²) in [6.45, 7) is 6.71. The first kappa shape index (κ1) is 13.1. The van der Waals surface area contributed by atoms with Crippen LogP contribution in [0.15, 0.2) is 30.3 Å². The van der Waals surface area contributed by atoms with Gasteiger partial charge in [-0.3, -0.25) is 4.79 Å². The van der Waals surface area contributed by atoms with Crippen molar-refractivity contribution in [3.8, 4) is 0 Å². The maximum Gasteiger partial charge on any atom is 0.270 e. The fourth-order valence-electron chi connectivity index (χ4n) is 2.28. The number of hydrazine groups is 1. The van der Waals surface area contributed by atoms with Crippen LogP contribution >= 0.6 is 0 Å². The van der Waals surface area contributed by atoms with Crippen molar-refractivity contribution in [1.29, 1.82) is 0 Å². The van der Waals surface area contributed by atoms with E-state index < -0.39 is 6.23 Å². The lowest BCUT2D eigenvalue weighted by Crippen LogP contribution is -2.48. The summed E-state index contributed by atoms with van der Waals surface area (Å²) < 4.78 is 0. The monoisotopic (exact) mass is 248 g/mol. The lowest BCUT2D eigenvalue weighted by atomic mass is 10.1. The lowest BCUT2D eigenvalue weighted by molar-refractivity contribution is -0.0741. The van der Waals surface area contributed by atoms with Crippen LogP contribution in [0.2, 0.25) is 0 Å². The minimum Gasteiger partial charge on any atom is -0.372 e. The van der Waals surface area contributed by atoms with Crippen molar-refractivity contribution in [3.63, 3.8) is 0 Å². The summed E-state index contributed by atoms with van der Waals surface area (Å²) in [6, 6.07) is 9.28. The van der Waals surface area contributed by atoms with E-state index in [4.69, 9.17) is 0 Å². The summed E-state index contributed by atoms with van der Waals surface area (Å²) in [5.41, 5.74) is 0.608. The van der Waals surface area contributed by atoms with Gasteiger partial charge in [0.25, 0.3) is 5.91 Å². The van der Waals surface area contributed by atoms with Gasteiger partial charge in [-0.15, -0.1) is 0 Å². The quantitative estimate of drug-likeness (QED) is 0.866. The molecule has 1 aromatic carbocycles. The van der Waals surface area contributed by atoms with Gasteiger partial charge in [-0.05, 0) is 26.0 Å². The summed E-state index contributed by atoms with van der Waals surface area (Å²) in [6.07, 6.45) is -0.736. The Bertz CT molecular complexity index is 419. The Kier molecular flexibility index (Phi) is 3.68. The van der Waals surface area contributed by atoms with E-state index in [0.29, 0.717) is 12.1 Å². The molecular formula is C14H20N2O2. The first-order valence-electron chi connectivity index (χ1n) is 6.35. The number of carbonyl (C=O) groups excluding carboxylic acids is 1. The van der Waals surface area contributed by atoms with Crippen molar-refractivity contribution in [2.75, 3.05) is 6.54 Å². The molecule has 1 aromatic rings. The lowest BCUT2D eigenvalue weighted by Gasteiger charge is -2.32. The van der Waals surface area contributed by atoms with Gasteiger partial charge in [-0.2, -0.15) is 0 Å². The maximum atomic E-state index is 12.4. The van der Waals surface area contributed by atoms with Crippen LogP contribution in [0.3, 0.4) is 0 Å². The number of hydrogen-bond donors (Lipinski definition) is 1. The number of amides is 1. The normalized spacial score (nSPS) is 24.8. The van der Waals surface area contributed by atoms with Gasteiger partial charge in [0.1, 0.15) is 6.23 Å². The minimum atomic E-state index is -0.736. The summed E-state index contributed by atoms with van der Waals surface area (Å²) in [5.74, 6) is -0.0683. The maximum absolute atomic E-state index is 12.4. The summed E-state index contributed by atoms with van der Waals surface area (Å²) >= 11 is 0. The highest BCUT2D eigenvalue weighted by molar-refractivity contribution is 5.94. The zero-order valence-corrected chi connectivity index (χ0v) is 11.1. The molecule has 0 aromatic heterocycles. The van der Waals surface area contributed by atoms with Gasteiger partial charge in [0.2, 0.25) is 0 Å². The van der Waals surface area contributed by atoms with Crippen LogP contribution in [0, 0.1) is 5.92 Å². The van der Waals surface area contributed by atoms with E-state index in [9.17, 15) is 9.90 Å². The Morgan fingerprint density at radius 1 is 1.33 bits per heavy atom. The van der Waals surface area contributed by atoms with E-state index in [1.165, 1.54) is 5.01 Å². The average Bonchev–Trinajstić information content (AvgIpc) is 2.66. The number of rotatable bonds is 2. The molecule has 0 radical (unpaired) electrons. The van der Waals surface area contributed by atoms with Crippen LogP contribution in [0.1, 0.15) is 31.1 Å².